The Morgan fingerprint density at radius 3 is 2.72 bits per heavy atom. The lowest BCUT2D eigenvalue weighted by molar-refractivity contribution is -0.00895. The van der Waals surface area contributed by atoms with Crippen molar-refractivity contribution in [2.75, 3.05) is 31.2 Å². The number of rotatable bonds is 5. The summed E-state index contributed by atoms with van der Waals surface area (Å²) in [5, 5.41) is 23.9. The fourth-order valence-electron chi connectivity index (χ4n) is 3.80. The maximum atomic E-state index is 10.5. The van der Waals surface area contributed by atoms with Gasteiger partial charge in [-0.25, -0.2) is 4.98 Å². The van der Waals surface area contributed by atoms with E-state index in [4.69, 9.17) is 4.74 Å². The van der Waals surface area contributed by atoms with E-state index < -0.39 is 0 Å². The van der Waals surface area contributed by atoms with Gasteiger partial charge in [0, 0.05) is 30.9 Å². The maximum Gasteiger partial charge on any atom is 0.151 e. The van der Waals surface area contributed by atoms with Gasteiger partial charge in [0.25, 0.3) is 0 Å². The normalized spacial score (nSPS) is 19.5. The molecule has 0 bridgehead atoms. The number of phenols is 1. The lowest BCUT2D eigenvalue weighted by Gasteiger charge is -2.30. The number of nitrogens with zero attached hydrogens (tertiary/aromatic N) is 4. The Morgan fingerprint density at radius 2 is 2.07 bits per heavy atom. The molecule has 1 aromatic carbocycles. The molecule has 0 saturated carbocycles. The van der Waals surface area contributed by atoms with Crippen LogP contribution in [0, 0.1) is 6.92 Å². The minimum absolute atomic E-state index is 0.198. The van der Waals surface area contributed by atoms with Crippen molar-refractivity contribution in [1.29, 1.82) is 0 Å². The highest BCUT2D eigenvalue weighted by Gasteiger charge is 2.28. The van der Waals surface area contributed by atoms with Crippen molar-refractivity contribution in [2.24, 2.45) is 0 Å². The molecule has 2 saturated heterocycles. The standard InChI is InChI=1S/C21H23N5O2S/c1-13-22-9-20(29-13)14-2-3-17(19(27)8-14)18-4-5-21(25-24-18)26-7-6-15(10-26)23-16-11-28-12-16/h2-5,8-9,15-16,23,27H,6-7,10-12H2,1H3/t15-/m1/s1. The highest BCUT2D eigenvalue weighted by atomic mass is 32.1. The molecule has 8 heteroatoms. The van der Waals surface area contributed by atoms with Crippen LogP contribution in [0.25, 0.3) is 21.7 Å². The molecule has 2 aliphatic rings. The number of nitrogens with one attached hydrogen (secondary N) is 1. The first-order valence-corrected chi connectivity index (χ1v) is 10.7. The SMILES string of the molecule is Cc1ncc(-c2ccc(-c3ccc(N4CC[C@@H](NC5COC5)C4)nn3)c(O)c2)s1. The zero-order valence-corrected chi connectivity index (χ0v) is 17.0. The minimum atomic E-state index is 0.198. The number of aromatic hydroxyl groups is 1. The first kappa shape index (κ1) is 18.5. The number of aryl methyl sites for hydroxylation is 1. The third-order valence-electron chi connectivity index (χ3n) is 5.45. The summed E-state index contributed by atoms with van der Waals surface area (Å²) in [7, 11) is 0. The number of hydrogen-bond donors (Lipinski definition) is 2. The summed E-state index contributed by atoms with van der Waals surface area (Å²) in [5.41, 5.74) is 2.30. The molecule has 7 nitrogen and oxygen atoms in total. The van der Waals surface area contributed by atoms with E-state index in [1.807, 2.05) is 37.4 Å². The van der Waals surface area contributed by atoms with Gasteiger partial charge in [0.15, 0.2) is 5.82 Å². The third-order valence-corrected chi connectivity index (χ3v) is 6.41. The van der Waals surface area contributed by atoms with Crippen LogP contribution in [0.3, 0.4) is 0 Å². The second kappa shape index (κ2) is 7.70. The van der Waals surface area contributed by atoms with Gasteiger partial charge < -0.3 is 20.1 Å². The predicted molar refractivity (Wildman–Crippen MR) is 113 cm³/mol. The molecular formula is C21H23N5O2S. The molecule has 150 valence electrons. The maximum absolute atomic E-state index is 10.5. The third kappa shape index (κ3) is 3.83. The second-order valence-corrected chi connectivity index (χ2v) is 8.82. The quantitative estimate of drug-likeness (QED) is 0.670. The lowest BCUT2D eigenvalue weighted by Crippen LogP contribution is -2.51. The average Bonchev–Trinajstić information content (AvgIpc) is 3.34. The summed E-state index contributed by atoms with van der Waals surface area (Å²) in [5.74, 6) is 1.07. The summed E-state index contributed by atoms with van der Waals surface area (Å²) in [4.78, 5) is 7.57. The van der Waals surface area contributed by atoms with Crippen molar-refractivity contribution in [3.63, 3.8) is 0 Å². The van der Waals surface area contributed by atoms with Gasteiger partial charge in [0.2, 0.25) is 0 Å². The zero-order valence-electron chi connectivity index (χ0n) is 16.2. The Kier molecular flexibility index (Phi) is 4.91. The van der Waals surface area contributed by atoms with Crippen molar-refractivity contribution in [1.82, 2.24) is 20.5 Å². The van der Waals surface area contributed by atoms with Crippen molar-refractivity contribution >= 4 is 17.2 Å². The van der Waals surface area contributed by atoms with Gasteiger partial charge >= 0.3 is 0 Å². The summed E-state index contributed by atoms with van der Waals surface area (Å²) in [6.07, 6.45) is 2.93. The van der Waals surface area contributed by atoms with Crippen LogP contribution >= 0.6 is 11.3 Å². The molecule has 2 aliphatic heterocycles. The summed E-state index contributed by atoms with van der Waals surface area (Å²) >= 11 is 1.61. The monoisotopic (exact) mass is 409 g/mol. The highest BCUT2D eigenvalue weighted by Crippen LogP contribution is 2.34. The van der Waals surface area contributed by atoms with Crippen molar-refractivity contribution in [3.05, 3.63) is 41.5 Å². The van der Waals surface area contributed by atoms with Crippen LogP contribution in [0.4, 0.5) is 5.82 Å². The van der Waals surface area contributed by atoms with E-state index in [9.17, 15) is 5.11 Å². The Hall–Kier alpha value is -2.55. The molecule has 1 atom stereocenters. The average molecular weight is 410 g/mol. The zero-order chi connectivity index (χ0) is 19.8. The van der Waals surface area contributed by atoms with Crippen LogP contribution in [0.2, 0.25) is 0 Å². The van der Waals surface area contributed by atoms with E-state index in [2.05, 4.69) is 25.4 Å². The molecule has 3 aromatic rings. The van der Waals surface area contributed by atoms with E-state index in [0.29, 0.717) is 23.3 Å². The molecule has 0 aliphatic carbocycles. The van der Waals surface area contributed by atoms with Gasteiger partial charge in [-0.15, -0.1) is 21.5 Å². The smallest absolute Gasteiger partial charge is 0.151 e. The lowest BCUT2D eigenvalue weighted by atomic mass is 10.1. The molecule has 4 heterocycles. The van der Waals surface area contributed by atoms with Gasteiger partial charge in [-0.3, -0.25) is 0 Å². The highest BCUT2D eigenvalue weighted by molar-refractivity contribution is 7.15. The molecule has 2 aromatic heterocycles. The van der Waals surface area contributed by atoms with Crippen LogP contribution in [0.5, 0.6) is 5.75 Å². The topological polar surface area (TPSA) is 83.4 Å². The minimum Gasteiger partial charge on any atom is -0.507 e. The fourth-order valence-corrected chi connectivity index (χ4v) is 4.58. The van der Waals surface area contributed by atoms with Crippen LogP contribution < -0.4 is 10.2 Å². The Labute approximate surface area is 173 Å². The number of aromatic nitrogens is 3. The van der Waals surface area contributed by atoms with Gasteiger partial charge in [0.1, 0.15) is 5.75 Å². The number of thiazole rings is 1. The fraction of sp³-hybridized carbons (Fsp3) is 0.381. The van der Waals surface area contributed by atoms with Gasteiger partial charge in [-0.2, -0.15) is 0 Å². The van der Waals surface area contributed by atoms with Crippen LogP contribution in [-0.4, -0.2) is 58.7 Å². The molecule has 0 amide bonds. The first-order chi connectivity index (χ1) is 14.2. The van der Waals surface area contributed by atoms with Crippen molar-refractivity contribution in [2.45, 2.75) is 25.4 Å². The summed E-state index contributed by atoms with van der Waals surface area (Å²) < 4.78 is 5.23. The summed E-state index contributed by atoms with van der Waals surface area (Å²) in [6.45, 7) is 5.50. The summed E-state index contributed by atoms with van der Waals surface area (Å²) in [6, 6.07) is 10.5. The van der Waals surface area contributed by atoms with Crippen LogP contribution in [0.15, 0.2) is 36.5 Å². The second-order valence-electron chi connectivity index (χ2n) is 7.58. The number of ether oxygens (including phenoxy) is 1. The van der Waals surface area contributed by atoms with Crippen LogP contribution in [0.1, 0.15) is 11.4 Å². The first-order valence-electron chi connectivity index (χ1n) is 9.84. The van der Waals surface area contributed by atoms with E-state index >= 15 is 0 Å². The molecule has 0 unspecified atom stereocenters. The van der Waals surface area contributed by atoms with Crippen molar-refractivity contribution in [3.8, 4) is 27.4 Å². The number of phenolic OH excluding ortho intramolecular Hbond substituents is 1. The predicted octanol–water partition coefficient (Wildman–Crippen LogP) is 2.85. The van der Waals surface area contributed by atoms with Gasteiger partial charge in [0.05, 0.1) is 34.8 Å². The van der Waals surface area contributed by atoms with E-state index in [1.54, 1.807) is 17.4 Å². The van der Waals surface area contributed by atoms with E-state index in [-0.39, 0.29) is 5.75 Å². The molecule has 5 rings (SSSR count). The molecule has 2 fully saturated rings. The Balaban J connectivity index is 1.29. The largest absolute Gasteiger partial charge is 0.507 e. The van der Waals surface area contributed by atoms with E-state index in [1.165, 1.54) is 0 Å². The van der Waals surface area contributed by atoms with Crippen LogP contribution in [-0.2, 0) is 4.74 Å². The molecule has 2 N–H and O–H groups in total. The molecule has 0 spiro atoms. The van der Waals surface area contributed by atoms with E-state index in [0.717, 1.165) is 54.0 Å². The molecule has 0 radical (unpaired) electrons. The number of benzene rings is 1. The van der Waals surface area contributed by atoms with Gasteiger partial charge in [-0.05, 0) is 43.2 Å². The van der Waals surface area contributed by atoms with Gasteiger partial charge in [-0.1, -0.05) is 6.07 Å². The Morgan fingerprint density at radius 1 is 1.17 bits per heavy atom. The van der Waals surface area contributed by atoms with Crippen molar-refractivity contribution < 1.29 is 9.84 Å². The number of anilines is 1. The molecule has 29 heavy (non-hydrogen) atoms. The molecular weight excluding hydrogens is 386 g/mol. The Bertz CT molecular complexity index is 1000. The number of hydrogen-bond acceptors (Lipinski definition) is 8.